The van der Waals surface area contributed by atoms with Gasteiger partial charge in [0, 0.05) is 17.2 Å². The maximum absolute atomic E-state index is 14.8. The molecule has 34 heavy (non-hydrogen) atoms. The minimum atomic E-state index is -0.279. The summed E-state index contributed by atoms with van der Waals surface area (Å²) in [7, 11) is 0. The molecule has 0 unspecified atom stereocenters. The van der Waals surface area contributed by atoms with Crippen LogP contribution in [0.15, 0.2) is 65.1 Å². The summed E-state index contributed by atoms with van der Waals surface area (Å²) in [6.07, 6.45) is 10.0. The van der Waals surface area contributed by atoms with Gasteiger partial charge in [-0.05, 0) is 60.9 Å². The van der Waals surface area contributed by atoms with Crippen molar-refractivity contribution in [1.82, 2.24) is 4.98 Å². The Labute approximate surface area is 202 Å². The summed E-state index contributed by atoms with van der Waals surface area (Å²) in [5.41, 5.74) is 4.97. The molecule has 0 saturated heterocycles. The number of aromatic nitrogens is 1. The van der Waals surface area contributed by atoms with Crippen LogP contribution in [-0.2, 0) is 0 Å². The topological polar surface area (TPSA) is 35.3 Å². The lowest BCUT2D eigenvalue weighted by Gasteiger charge is -2.09. The molecule has 3 nitrogen and oxygen atoms in total. The normalized spacial score (nSPS) is 11.3. The van der Waals surface area contributed by atoms with Gasteiger partial charge in [-0.15, -0.1) is 0 Å². The van der Waals surface area contributed by atoms with E-state index in [0.29, 0.717) is 23.8 Å². The zero-order valence-electron chi connectivity index (χ0n) is 20.3. The molecule has 1 heterocycles. The molecule has 0 bridgehead atoms. The number of rotatable bonds is 12. The van der Waals surface area contributed by atoms with Crippen molar-refractivity contribution >= 4 is 11.1 Å². The van der Waals surface area contributed by atoms with Crippen molar-refractivity contribution in [2.45, 2.75) is 65.2 Å². The van der Waals surface area contributed by atoms with E-state index in [9.17, 15) is 4.39 Å². The molecule has 4 rings (SSSR count). The number of halogens is 1. The van der Waals surface area contributed by atoms with Crippen molar-refractivity contribution in [3.63, 3.8) is 0 Å². The van der Waals surface area contributed by atoms with Gasteiger partial charge in [-0.2, -0.15) is 0 Å². The monoisotopic (exact) mass is 459 g/mol. The second kappa shape index (κ2) is 11.8. The molecule has 0 fully saturated rings. The molecule has 0 amide bonds. The maximum Gasteiger partial charge on any atom is 0.227 e. The third-order valence-corrected chi connectivity index (χ3v) is 6.19. The number of aryl methyl sites for hydroxylation is 1. The van der Waals surface area contributed by atoms with Crippen molar-refractivity contribution in [1.29, 1.82) is 0 Å². The van der Waals surface area contributed by atoms with E-state index in [1.807, 2.05) is 55.5 Å². The lowest BCUT2D eigenvalue weighted by atomic mass is 10.0. The zero-order chi connectivity index (χ0) is 23.8. The first-order chi connectivity index (χ1) is 16.6. The van der Waals surface area contributed by atoms with E-state index < -0.39 is 0 Å². The molecule has 0 aliphatic rings. The zero-order valence-corrected chi connectivity index (χ0v) is 20.3. The fourth-order valence-corrected chi connectivity index (χ4v) is 4.20. The van der Waals surface area contributed by atoms with E-state index >= 15 is 0 Å². The average molecular weight is 460 g/mol. The van der Waals surface area contributed by atoms with Crippen LogP contribution in [0, 0.1) is 12.7 Å². The molecule has 4 aromatic rings. The van der Waals surface area contributed by atoms with Gasteiger partial charge in [-0.1, -0.05) is 70.1 Å². The number of unbranched alkanes of at least 4 members (excludes halogenated alkanes) is 7. The third kappa shape index (κ3) is 6.25. The van der Waals surface area contributed by atoms with Crippen LogP contribution in [-0.4, -0.2) is 11.6 Å². The largest absolute Gasteiger partial charge is 0.493 e. The number of fused-ring (bicyclic) bond motifs is 1. The molecule has 3 aromatic carbocycles. The van der Waals surface area contributed by atoms with Crippen LogP contribution in [0.1, 0.15) is 63.9 Å². The predicted molar refractivity (Wildman–Crippen MR) is 138 cm³/mol. The first-order valence-corrected chi connectivity index (χ1v) is 12.5. The molecule has 0 N–H and O–H groups in total. The van der Waals surface area contributed by atoms with Gasteiger partial charge in [-0.25, -0.2) is 9.37 Å². The Morgan fingerprint density at radius 3 is 2.24 bits per heavy atom. The summed E-state index contributed by atoms with van der Waals surface area (Å²) in [6, 6.07) is 18.7. The van der Waals surface area contributed by atoms with Crippen LogP contribution < -0.4 is 4.74 Å². The van der Waals surface area contributed by atoms with Gasteiger partial charge >= 0.3 is 0 Å². The summed E-state index contributed by atoms with van der Waals surface area (Å²) >= 11 is 0. The van der Waals surface area contributed by atoms with Gasteiger partial charge < -0.3 is 9.15 Å². The summed E-state index contributed by atoms with van der Waals surface area (Å²) in [5, 5.41) is 0. The first kappa shape index (κ1) is 24.0. The van der Waals surface area contributed by atoms with Crippen molar-refractivity contribution in [2.75, 3.05) is 6.61 Å². The Morgan fingerprint density at radius 1 is 0.794 bits per heavy atom. The van der Waals surface area contributed by atoms with E-state index in [4.69, 9.17) is 9.15 Å². The molecule has 0 spiro atoms. The smallest absolute Gasteiger partial charge is 0.227 e. The number of hydrogen-bond donors (Lipinski definition) is 0. The van der Waals surface area contributed by atoms with E-state index in [2.05, 4.69) is 11.9 Å². The summed E-state index contributed by atoms with van der Waals surface area (Å²) in [4.78, 5) is 4.58. The fourth-order valence-electron chi connectivity index (χ4n) is 4.20. The quantitative estimate of drug-likeness (QED) is 0.198. The lowest BCUT2D eigenvalue weighted by molar-refractivity contribution is 0.303. The summed E-state index contributed by atoms with van der Waals surface area (Å²) in [6.45, 7) is 4.90. The minimum Gasteiger partial charge on any atom is -0.493 e. The molecule has 178 valence electrons. The lowest BCUT2D eigenvalue weighted by Crippen LogP contribution is -1.98. The summed E-state index contributed by atoms with van der Waals surface area (Å²) < 4.78 is 26.5. The number of benzene rings is 3. The van der Waals surface area contributed by atoms with Gasteiger partial charge in [0.2, 0.25) is 5.89 Å². The van der Waals surface area contributed by atoms with Crippen LogP contribution in [0.4, 0.5) is 4.39 Å². The summed E-state index contributed by atoms with van der Waals surface area (Å²) in [5.74, 6) is 0.874. The van der Waals surface area contributed by atoms with Crippen LogP contribution in [0.25, 0.3) is 33.7 Å². The van der Waals surface area contributed by atoms with Crippen molar-refractivity contribution in [3.05, 3.63) is 72.0 Å². The molecule has 0 saturated carbocycles. The van der Waals surface area contributed by atoms with Gasteiger partial charge in [0.05, 0.1) is 6.61 Å². The van der Waals surface area contributed by atoms with Crippen LogP contribution in [0.5, 0.6) is 5.75 Å². The number of oxazole rings is 1. The highest BCUT2D eigenvalue weighted by molar-refractivity contribution is 5.77. The molecule has 0 radical (unpaired) electrons. The Hall–Kier alpha value is -3.14. The highest BCUT2D eigenvalue weighted by Gasteiger charge is 2.11. The van der Waals surface area contributed by atoms with Crippen LogP contribution in [0.3, 0.4) is 0 Å². The number of nitrogens with zero attached hydrogens (tertiary/aromatic N) is 1. The van der Waals surface area contributed by atoms with Gasteiger partial charge in [0.15, 0.2) is 5.58 Å². The van der Waals surface area contributed by atoms with E-state index in [1.54, 1.807) is 6.07 Å². The molecular weight excluding hydrogens is 425 g/mol. The SMILES string of the molecule is CCCCCCCCCCOc1ccc(-c2ccc(-c3nc4cc(C)ccc4o3)cc2)c(F)c1. The molecule has 4 heteroatoms. The maximum atomic E-state index is 14.8. The number of hydrogen-bond acceptors (Lipinski definition) is 3. The van der Waals surface area contributed by atoms with E-state index in [0.717, 1.165) is 34.2 Å². The van der Waals surface area contributed by atoms with Crippen molar-refractivity contribution < 1.29 is 13.5 Å². The Balaban J connectivity index is 1.31. The van der Waals surface area contributed by atoms with Gasteiger partial charge in [0.25, 0.3) is 0 Å². The van der Waals surface area contributed by atoms with Crippen molar-refractivity contribution in [2.24, 2.45) is 0 Å². The first-order valence-electron chi connectivity index (χ1n) is 12.5. The molecule has 0 aliphatic heterocycles. The third-order valence-electron chi connectivity index (χ3n) is 6.19. The predicted octanol–water partition coefficient (Wildman–Crippen LogP) is 9.13. The molecule has 0 atom stereocenters. The van der Waals surface area contributed by atoms with Gasteiger partial charge in [-0.3, -0.25) is 0 Å². The van der Waals surface area contributed by atoms with Crippen molar-refractivity contribution in [3.8, 4) is 28.3 Å². The Kier molecular flexibility index (Phi) is 8.35. The number of ether oxygens (including phenoxy) is 1. The fraction of sp³-hybridized carbons (Fsp3) is 0.367. The highest BCUT2D eigenvalue weighted by atomic mass is 19.1. The van der Waals surface area contributed by atoms with Crippen LogP contribution >= 0.6 is 0 Å². The highest BCUT2D eigenvalue weighted by Crippen LogP contribution is 2.30. The molecule has 0 aliphatic carbocycles. The average Bonchev–Trinajstić information content (AvgIpc) is 3.26. The molecule has 1 aromatic heterocycles. The second-order valence-corrected chi connectivity index (χ2v) is 9.03. The Bertz CT molecular complexity index is 1200. The van der Waals surface area contributed by atoms with E-state index in [1.165, 1.54) is 51.0 Å². The van der Waals surface area contributed by atoms with E-state index in [-0.39, 0.29) is 5.82 Å². The Morgan fingerprint density at radius 2 is 1.50 bits per heavy atom. The standard InChI is InChI=1S/C30H34FNO2/c1-3-4-5-6-7-8-9-10-19-33-25-16-17-26(27(31)21-25)23-12-14-24(15-13-23)30-32-28-20-22(2)11-18-29(28)34-30/h11-18,20-21H,3-10,19H2,1-2H3. The van der Waals surface area contributed by atoms with Crippen LogP contribution in [0.2, 0.25) is 0 Å². The second-order valence-electron chi connectivity index (χ2n) is 9.03. The molecular formula is C30H34FNO2. The minimum absolute atomic E-state index is 0.279. The van der Waals surface area contributed by atoms with Gasteiger partial charge in [0.1, 0.15) is 17.1 Å².